The van der Waals surface area contributed by atoms with Crippen molar-refractivity contribution in [2.75, 3.05) is 0 Å². The molecule has 0 spiro atoms. The lowest BCUT2D eigenvalue weighted by atomic mass is 10.3. The van der Waals surface area contributed by atoms with Crippen LogP contribution in [-0.4, -0.2) is 4.98 Å². The summed E-state index contributed by atoms with van der Waals surface area (Å²) in [5, 5.41) is 1.10. The van der Waals surface area contributed by atoms with Gasteiger partial charge >= 0.3 is 0 Å². The highest BCUT2D eigenvalue weighted by atomic mass is 35.5. The number of aryl methyl sites for hydroxylation is 1. The Balaban J connectivity index is 0.000000461. The van der Waals surface area contributed by atoms with Crippen LogP contribution in [0.4, 0.5) is 0 Å². The van der Waals surface area contributed by atoms with E-state index in [0.717, 1.165) is 5.56 Å². The van der Waals surface area contributed by atoms with Crippen molar-refractivity contribution in [1.82, 2.24) is 4.98 Å². The van der Waals surface area contributed by atoms with E-state index in [4.69, 9.17) is 23.2 Å². The second kappa shape index (κ2) is 5.39. The third-order valence-corrected chi connectivity index (χ3v) is 1.90. The Kier molecular flexibility index (Phi) is 5.26. The lowest BCUT2D eigenvalue weighted by Gasteiger charge is -1.95. The summed E-state index contributed by atoms with van der Waals surface area (Å²) in [5.41, 5.74) is 0.907. The van der Waals surface area contributed by atoms with Gasteiger partial charge in [-0.05, 0) is 12.5 Å². The molecule has 1 heterocycles. The van der Waals surface area contributed by atoms with Crippen LogP contribution in [0.15, 0.2) is 12.4 Å². The highest BCUT2D eigenvalue weighted by Gasteiger charge is 1.97. The van der Waals surface area contributed by atoms with Gasteiger partial charge in [-0.25, -0.2) is 0 Å². The Morgan fingerprint density at radius 2 is 1.73 bits per heavy atom. The molecule has 0 saturated carbocycles. The van der Waals surface area contributed by atoms with Gasteiger partial charge in [-0.15, -0.1) is 0 Å². The van der Waals surface area contributed by atoms with Crippen LogP contribution in [0.1, 0.15) is 19.4 Å². The van der Waals surface area contributed by atoms with Crippen molar-refractivity contribution >= 4 is 23.2 Å². The summed E-state index contributed by atoms with van der Waals surface area (Å²) in [6.45, 7) is 5.86. The molecule has 0 unspecified atom stereocenters. The second-order valence-electron chi connectivity index (χ2n) is 1.75. The van der Waals surface area contributed by atoms with Crippen LogP contribution in [0, 0.1) is 6.92 Å². The van der Waals surface area contributed by atoms with E-state index in [1.165, 1.54) is 6.20 Å². The number of halogens is 2. The first-order chi connectivity index (χ1) is 5.22. The molecule has 3 heteroatoms. The van der Waals surface area contributed by atoms with Crippen LogP contribution in [-0.2, 0) is 0 Å². The minimum Gasteiger partial charge on any atom is -0.263 e. The predicted molar refractivity (Wildman–Crippen MR) is 50.3 cm³/mol. The fourth-order valence-electron chi connectivity index (χ4n) is 0.516. The normalized spacial score (nSPS) is 8.45. The summed E-state index contributed by atoms with van der Waals surface area (Å²) in [5.74, 6) is 0. The molecular weight excluding hydrogens is 181 g/mol. The molecule has 0 aliphatic rings. The maximum atomic E-state index is 5.71. The zero-order valence-corrected chi connectivity index (χ0v) is 8.37. The van der Waals surface area contributed by atoms with Crippen LogP contribution in [0.5, 0.6) is 0 Å². The summed E-state index contributed by atoms with van der Waals surface area (Å²) in [4.78, 5) is 3.83. The molecule has 0 aromatic carbocycles. The van der Waals surface area contributed by atoms with E-state index in [2.05, 4.69) is 4.98 Å². The molecule has 11 heavy (non-hydrogen) atoms. The molecule has 1 aromatic rings. The van der Waals surface area contributed by atoms with Gasteiger partial charge in [-0.3, -0.25) is 4.98 Å². The molecule has 1 nitrogen and oxygen atoms in total. The van der Waals surface area contributed by atoms with Gasteiger partial charge in [0.2, 0.25) is 0 Å². The Labute approximate surface area is 77.4 Å². The van der Waals surface area contributed by atoms with Gasteiger partial charge in [0.1, 0.15) is 0 Å². The monoisotopic (exact) mass is 191 g/mol. The standard InChI is InChI=1S/C6H5Cl2N.C2H6/c1-4-2-9-3-5(7)6(4)8;1-2/h2-3H,1H3;1-2H3. The van der Waals surface area contributed by atoms with Crippen molar-refractivity contribution < 1.29 is 0 Å². The van der Waals surface area contributed by atoms with E-state index in [9.17, 15) is 0 Å². The van der Waals surface area contributed by atoms with Crippen LogP contribution in [0.3, 0.4) is 0 Å². The maximum absolute atomic E-state index is 5.71. The van der Waals surface area contributed by atoms with Crippen molar-refractivity contribution in [3.05, 3.63) is 28.0 Å². The van der Waals surface area contributed by atoms with Gasteiger partial charge < -0.3 is 0 Å². The molecule has 0 N–H and O–H groups in total. The molecule has 1 rings (SSSR count). The first-order valence-electron chi connectivity index (χ1n) is 3.47. The summed E-state index contributed by atoms with van der Waals surface area (Å²) in [7, 11) is 0. The smallest absolute Gasteiger partial charge is 0.0778 e. The van der Waals surface area contributed by atoms with Gasteiger partial charge in [0, 0.05) is 12.4 Å². The summed E-state index contributed by atoms with van der Waals surface area (Å²) < 4.78 is 0. The van der Waals surface area contributed by atoms with Crippen molar-refractivity contribution in [2.45, 2.75) is 20.8 Å². The molecule has 0 bridgehead atoms. The predicted octanol–water partition coefficient (Wildman–Crippen LogP) is 3.72. The van der Waals surface area contributed by atoms with Gasteiger partial charge in [0.15, 0.2) is 0 Å². The molecule has 0 atom stereocenters. The first kappa shape index (κ1) is 10.7. The van der Waals surface area contributed by atoms with E-state index in [0.29, 0.717) is 10.0 Å². The number of rotatable bonds is 0. The average molecular weight is 192 g/mol. The minimum absolute atomic E-state index is 0.511. The van der Waals surface area contributed by atoms with E-state index in [1.807, 2.05) is 20.8 Å². The van der Waals surface area contributed by atoms with Crippen LogP contribution in [0.2, 0.25) is 10.0 Å². The Morgan fingerprint density at radius 1 is 1.18 bits per heavy atom. The quantitative estimate of drug-likeness (QED) is 0.610. The first-order valence-corrected chi connectivity index (χ1v) is 4.23. The Hall–Kier alpha value is -0.270. The van der Waals surface area contributed by atoms with Crippen LogP contribution < -0.4 is 0 Å². The van der Waals surface area contributed by atoms with Crippen molar-refractivity contribution in [2.24, 2.45) is 0 Å². The zero-order valence-electron chi connectivity index (χ0n) is 6.86. The Bertz CT molecular complexity index is 203. The molecule has 1 aromatic heterocycles. The highest BCUT2D eigenvalue weighted by Crippen LogP contribution is 2.22. The molecular formula is C8H11Cl2N. The lowest BCUT2D eigenvalue weighted by molar-refractivity contribution is 1.27. The van der Waals surface area contributed by atoms with Crippen molar-refractivity contribution in [1.29, 1.82) is 0 Å². The van der Waals surface area contributed by atoms with Gasteiger partial charge in [-0.2, -0.15) is 0 Å². The summed E-state index contributed by atoms with van der Waals surface area (Å²) in [6, 6.07) is 0. The third kappa shape index (κ3) is 3.08. The van der Waals surface area contributed by atoms with Crippen molar-refractivity contribution in [3.8, 4) is 0 Å². The van der Waals surface area contributed by atoms with Crippen LogP contribution in [0.25, 0.3) is 0 Å². The van der Waals surface area contributed by atoms with E-state index in [1.54, 1.807) is 6.20 Å². The van der Waals surface area contributed by atoms with Crippen LogP contribution >= 0.6 is 23.2 Å². The number of pyridine rings is 1. The average Bonchev–Trinajstić information content (AvgIpc) is 2.04. The van der Waals surface area contributed by atoms with Crippen molar-refractivity contribution in [3.63, 3.8) is 0 Å². The largest absolute Gasteiger partial charge is 0.263 e. The molecule has 0 saturated heterocycles. The third-order valence-electron chi connectivity index (χ3n) is 1.01. The zero-order chi connectivity index (χ0) is 8.85. The molecule has 0 amide bonds. The molecule has 0 radical (unpaired) electrons. The summed E-state index contributed by atoms with van der Waals surface area (Å²) in [6.07, 6.45) is 3.20. The maximum Gasteiger partial charge on any atom is 0.0778 e. The number of aromatic nitrogens is 1. The molecule has 0 fully saturated rings. The van der Waals surface area contributed by atoms with Gasteiger partial charge in [0.05, 0.1) is 10.0 Å². The van der Waals surface area contributed by atoms with E-state index in [-0.39, 0.29) is 0 Å². The summed E-state index contributed by atoms with van der Waals surface area (Å²) >= 11 is 11.3. The van der Waals surface area contributed by atoms with Gasteiger partial charge in [-0.1, -0.05) is 37.0 Å². The second-order valence-corrected chi connectivity index (χ2v) is 2.54. The number of hydrogen-bond donors (Lipinski definition) is 0. The molecule has 62 valence electrons. The minimum atomic E-state index is 0.511. The van der Waals surface area contributed by atoms with Gasteiger partial charge in [0.25, 0.3) is 0 Å². The Morgan fingerprint density at radius 3 is 2.09 bits per heavy atom. The molecule has 0 aliphatic heterocycles. The SMILES string of the molecule is CC.Cc1cncc(Cl)c1Cl. The number of nitrogens with zero attached hydrogens (tertiary/aromatic N) is 1. The lowest BCUT2D eigenvalue weighted by Crippen LogP contribution is -1.77. The fraction of sp³-hybridized carbons (Fsp3) is 0.375. The molecule has 0 aliphatic carbocycles. The fourth-order valence-corrected chi connectivity index (χ4v) is 0.819. The number of hydrogen-bond acceptors (Lipinski definition) is 1. The van der Waals surface area contributed by atoms with E-state index >= 15 is 0 Å². The topological polar surface area (TPSA) is 12.9 Å². The van der Waals surface area contributed by atoms with E-state index < -0.39 is 0 Å². The highest BCUT2D eigenvalue weighted by molar-refractivity contribution is 6.42.